The van der Waals surface area contributed by atoms with E-state index in [1.165, 1.54) is 6.08 Å². The molecule has 164 valence electrons. The number of esters is 1. The maximum atomic E-state index is 11.9. The van der Waals surface area contributed by atoms with Crippen molar-refractivity contribution in [2.24, 2.45) is 0 Å². The van der Waals surface area contributed by atoms with Crippen molar-refractivity contribution in [1.29, 1.82) is 0 Å². The van der Waals surface area contributed by atoms with Crippen molar-refractivity contribution in [2.75, 3.05) is 18.5 Å². The highest BCUT2D eigenvalue weighted by atomic mass is 32.2. The molecule has 0 unspecified atom stereocenters. The lowest BCUT2D eigenvalue weighted by molar-refractivity contribution is -0.147. The summed E-state index contributed by atoms with van der Waals surface area (Å²) in [6.45, 7) is 2.31. The quantitative estimate of drug-likeness (QED) is 0.533. The van der Waals surface area contributed by atoms with Gasteiger partial charge in [0.25, 0.3) is 5.91 Å². The van der Waals surface area contributed by atoms with E-state index in [-0.39, 0.29) is 0 Å². The second kappa shape index (κ2) is 11.0. The molecule has 0 heterocycles. The van der Waals surface area contributed by atoms with Crippen molar-refractivity contribution >= 4 is 39.7 Å². The first-order chi connectivity index (χ1) is 14.7. The number of aryl methyl sites for hydroxylation is 1. The average molecular weight is 445 g/mol. The van der Waals surface area contributed by atoms with Crippen molar-refractivity contribution in [1.82, 2.24) is 10.0 Å². The molecular weight excluding hydrogens is 422 g/mol. The number of rotatable bonds is 8. The normalized spacial score (nSPS) is 11.2. The molecule has 0 saturated carbocycles. The number of hydrogen-bond donors (Lipinski definition) is 3. The van der Waals surface area contributed by atoms with Gasteiger partial charge in [0.15, 0.2) is 6.61 Å². The average Bonchev–Trinajstić information content (AvgIpc) is 2.73. The van der Waals surface area contributed by atoms with Gasteiger partial charge in [0, 0.05) is 11.1 Å². The first-order valence-electron chi connectivity index (χ1n) is 9.22. The van der Waals surface area contributed by atoms with Crippen LogP contribution in [-0.2, 0) is 24.3 Å². The van der Waals surface area contributed by atoms with E-state index >= 15 is 0 Å². The van der Waals surface area contributed by atoms with Gasteiger partial charge in [-0.2, -0.15) is 0 Å². The number of anilines is 1. The molecule has 0 saturated heterocycles. The van der Waals surface area contributed by atoms with Crippen LogP contribution in [0.15, 0.2) is 53.9 Å². The number of amides is 3. The lowest BCUT2D eigenvalue weighted by atomic mass is 10.1. The van der Waals surface area contributed by atoms with Gasteiger partial charge in [-0.25, -0.2) is 17.9 Å². The second-order valence-electron chi connectivity index (χ2n) is 6.49. The van der Waals surface area contributed by atoms with Crippen LogP contribution in [-0.4, -0.2) is 39.5 Å². The molecule has 0 atom stereocenters. The minimum atomic E-state index is -3.87. The molecule has 0 aromatic heterocycles. The standard InChI is InChI=1S/C21H23N3O6S/c1-15-7-6-10-18(16(15)2)23-21(27)24-19(25)14-30-20(26)13-22-31(28,29)12-11-17-8-4-3-5-9-17/h3-12,22H,13-14H2,1-2H3,(H2,23,24,25,27)/b12-11+. The van der Waals surface area contributed by atoms with Crippen molar-refractivity contribution in [3.05, 3.63) is 70.6 Å². The molecule has 0 bridgehead atoms. The van der Waals surface area contributed by atoms with Crippen LogP contribution < -0.4 is 15.4 Å². The third-order valence-electron chi connectivity index (χ3n) is 4.13. The third kappa shape index (κ3) is 8.41. The largest absolute Gasteiger partial charge is 0.455 e. The summed E-state index contributed by atoms with van der Waals surface area (Å²) < 4.78 is 30.5. The lowest BCUT2D eigenvalue weighted by Gasteiger charge is -2.11. The van der Waals surface area contributed by atoms with Crippen LogP contribution in [0, 0.1) is 13.8 Å². The number of carbonyl (C=O) groups is 3. The fraction of sp³-hybridized carbons (Fsp3) is 0.190. The Kier molecular flexibility index (Phi) is 8.47. The zero-order chi connectivity index (χ0) is 22.9. The molecule has 0 radical (unpaired) electrons. The van der Waals surface area contributed by atoms with Gasteiger partial charge in [0.05, 0.1) is 0 Å². The molecule has 0 spiro atoms. The van der Waals surface area contributed by atoms with Gasteiger partial charge in [-0.3, -0.25) is 14.9 Å². The highest BCUT2D eigenvalue weighted by Gasteiger charge is 2.14. The summed E-state index contributed by atoms with van der Waals surface area (Å²) in [6, 6.07) is 13.3. The van der Waals surface area contributed by atoms with Gasteiger partial charge in [-0.1, -0.05) is 42.5 Å². The molecule has 3 amide bonds. The van der Waals surface area contributed by atoms with Crippen LogP contribution in [0.2, 0.25) is 0 Å². The maximum Gasteiger partial charge on any atom is 0.325 e. The molecule has 0 aliphatic heterocycles. The SMILES string of the molecule is Cc1cccc(NC(=O)NC(=O)COC(=O)CNS(=O)(=O)/C=C/c2ccccc2)c1C. The number of carbonyl (C=O) groups excluding carboxylic acids is 3. The molecule has 3 N–H and O–H groups in total. The number of sulfonamides is 1. The molecule has 0 fully saturated rings. The van der Waals surface area contributed by atoms with E-state index in [9.17, 15) is 22.8 Å². The number of imide groups is 1. The van der Waals surface area contributed by atoms with Crippen LogP contribution >= 0.6 is 0 Å². The van der Waals surface area contributed by atoms with Crippen LogP contribution in [0.4, 0.5) is 10.5 Å². The summed E-state index contributed by atoms with van der Waals surface area (Å²) in [5, 5.41) is 5.47. The molecule has 2 aromatic rings. The first-order valence-corrected chi connectivity index (χ1v) is 10.8. The molecule has 0 aliphatic rings. The molecular formula is C21H23N3O6S. The smallest absolute Gasteiger partial charge is 0.325 e. The minimum absolute atomic E-state index is 0.542. The molecule has 2 aromatic carbocycles. The minimum Gasteiger partial charge on any atom is -0.455 e. The van der Waals surface area contributed by atoms with E-state index in [0.717, 1.165) is 16.5 Å². The first kappa shape index (κ1) is 23.8. The monoisotopic (exact) mass is 445 g/mol. The van der Waals surface area contributed by atoms with Crippen molar-refractivity contribution in [3.8, 4) is 0 Å². The molecule has 0 aliphatic carbocycles. The molecule has 31 heavy (non-hydrogen) atoms. The fourth-order valence-corrected chi connectivity index (χ4v) is 3.09. The van der Waals surface area contributed by atoms with Gasteiger partial charge < -0.3 is 10.1 Å². The van der Waals surface area contributed by atoms with Gasteiger partial charge in [0.2, 0.25) is 10.0 Å². The van der Waals surface area contributed by atoms with E-state index < -0.39 is 41.1 Å². The van der Waals surface area contributed by atoms with Gasteiger partial charge in [-0.15, -0.1) is 0 Å². The highest BCUT2D eigenvalue weighted by molar-refractivity contribution is 7.92. The Morgan fingerprint density at radius 3 is 2.42 bits per heavy atom. The van der Waals surface area contributed by atoms with E-state index in [1.54, 1.807) is 42.5 Å². The predicted molar refractivity (Wildman–Crippen MR) is 116 cm³/mol. The number of benzene rings is 2. The number of hydrogen-bond acceptors (Lipinski definition) is 6. The van der Waals surface area contributed by atoms with E-state index in [0.29, 0.717) is 11.3 Å². The van der Waals surface area contributed by atoms with Crippen LogP contribution in [0.3, 0.4) is 0 Å². The zero-order valence-electron chi connectivity index (χ0n) is 17.0. The van der Waals surface area contributed by atoms with Gasteiger partial charge in [0.1, 0.15) is 6.54 Å². The van der Waals surface area contributed by atoms with Gasteiger partial charge >= 0.3 is 12.0 Å². The predicted octanol–water partition coefficient (Wildman–Crippen LogP) is 2.09. The molecule has 2 rings (SSSR count). The number of nitrogens with one attached hydrogen (secondary N) is 3. The van der Waals surface area contributed by atoms with Crippen LogP contribution in [0.5, 0.6) is 0 Å². The van der Waals surface area contributed by atoms with Gasteiger partial charge in [-0.05, 0) is 42.7 Å². The summed E-state index contributed by atoms with van der Waals surface area (Å²) in [5.74, 6) is -1.83. The van der Waals surface area contributed by atoms with Crippen LogP contribution in [0.1, 0.15) is 16.7 Å². The summed E-state index contributed by atoms with van der Waals surface area (Å²) in [4.78, 5) is 35.3. The zero-order valence-corrected chi connectivity index (χ0v) is 17.9. The van der Waals surface area contributed by atoms with Crippen molar-refractivity contribution in [2.45, 2.75) is 13.8 Å². The summed E-state index contributed by atoms with van der Waals surface area (Å²) in [5.41, 5.74) is 3.04. The summed E-state index contributed by atoms with van der Waals surface area (Å²) in [6.07, 6.45) is 1.37. The van der Waals surface area contributed by atoms with E-state index in [4.69, 9.17) is 0 Å². The topological polar surface area (TPSA) is 131 Å². The van der Waals surface area contributed by atoms with E-state index in [2.05, 4.69) is 10.1 Å². The van der Waals surface area contributed by atoms with E-state index in [1.807, 2.05) is 30.0 Å². The Morgan fingerprint density at radius 2 is 1.71 bits per heavy atom. The molecule has 9 nitrogen and oxygen atoms in total. The number of urea groups is 1. The van der Waals surface area contributed by atoms with Crippen LogP contribution in [0.25, 0.3) is 6.08 Å². The third-order valence-corrected chi connectivity index (χ3v) is 5.17. The second-order valence-corrected chi connectivity index (χ2v) is 8.14. The molecule has 10 heteroatoms. The Bertz CT molecular complexity index is 1080. The Hall–Kier alpha value is -3.50. The Balaban J connectivity index is 1.74. The summed E-state index contributed by atoms with van der Waals surface area (Å²) >= 11 is 0. The highest BCUT2D eigenvalue weighted by Crippen LogP contribution is 2.17. The fourth-order valence-electron chi connectivity index (χ4n) is 2.34. The maximum absolute atomic E-state index is 11.9. The number of ether oxygens (including phenoxy) is 1. The van der Waals surface area contributed by atoms with Crippen molar-refractivity contribution < 1.29 is 27.5 Å². The van der Waals surface area contributed by atoms with Crippen molar-refractivity contribution in [3.63, 3.8) is 0 Å². The Labute approximate surface area is 180 Å². The summed E-state index contributed by atoms with van der Waals surface area (Å²) in [7, 11) is -3.87. The lowest BCUT2D eigenvalue weighted by Crippen LogP contribution is -2.38. The Morgan fingerprint density at radius 1 is 1.00 bits per heavy atom.